The smallest absolute Gasteiger partial charge is 0.290 e. The molecule has 130 valence electrons. The van der Waals surface area contributed by atoms with Crippen LogP contribution in [-0.4, -0.2) is 51.2 Å². The van der Waals surface area contributed by atoms with Crippen LogP contribution in [-0.2, 0) is 6.54 Å². The fourth-order valence-corrected chi connectivity index (χ4v) is 3.61. The molecule has 25 heavy (non-hydrogen) atoms. The van der Waals surface area contributed by atoms with Crippen molar-refractivity contribution in [2.75, 3.05) is 25.5 Å². The maximum Gasteiger partial charge on any atom is 0.290 e. The zero-order valence-electron chi connectivity index (χ0n) is 14.3. The van der Waals surface area contributed by atoms with Crippen molar-refractivity contribution in [2.24, 2.45) is 0 Å². The molecule has 1 amide bonds. The van der Waals surface area contributed by atoms with Gasteiger partial charge in [0.1, 0.15) is 5.52 Å². The lowest BCUT2D eigenvalue weighted by atomic mass is 10.1. The first-order chi connectivity index (χ1) is 12.0. The van der Waals surface area contributed by atoms with Gasteiger partial charge in [0.05, 0.1) is 40.7 Å². The largest absolute Gasteiger partial charge is 0.375 e. The Morgan fingerprint density at radius 1 is 1.36 bits per heavy atom. The lowest BCUT2D eigenvalue weighted by Gasteiger charge is -2.34. The topological polar surface area (TPSA) is 70.1 Å². The van der Waals surface area contributed by atoms with E-state index in [0.29, 0.717) is 29.5 Å². The fraction of sp³-hybridized carbons (Fsp3) is 0.353. The van der Waals surface area contributed by atoms with Crippen molar-refractivity contribution in [3.8, 4) is 0 Å². The minimum absolute atomic E-state index is 0.0927. The van der Waals surface area contributed by atoms with Crippen LogP contribution >= 0.6 is 11.6 Å². The Balaban J connectivity index is 1.70. The minimum atomic E-state index is -0.128. The number of halogens is 1. The van der Waals surface area contributed by atoms with Gasteiger partial charge in [-0.05, 0) is 19.1 Å². The molecule has 0 spiro atoms. The van der Waals surface area contributed by atoms with Crippen molar-refractivity contribution < 1.29 is 4.79 Å². The lowest BCUT2D eigenvalue weighted by molar-refractivity contribution is 0.0626. The number of hydrogen-bond acceptors (Lipinski definition) is 4. The summed E-state index contributed by atoms with van der Waals surface area (Å²) in [6, 6.07) is 5.38. The highest BCUT2D eigenvalue weighted by molar-refractivity contribution is 6.35. The van der Waals surface area contributed by atoms with E-state index in [4.69, 9.17) is 11.6 Å². The third-order valence-electron chi connectivity index (χ3n) is 4.68. The van der Waals surface area contributed by atoms with Crippen molar-refractivity contribution in [1.82, 2.24) is 24.6 Å². The van der Waals surface area contributed by atoms with Crippen molar-refractivity contribution in [2.45, 2.75) is 19.5 Å². The van der Waals surface area contributed by atoms with Gasteiger partial charge in [0.25, 0.3) is 5.91 Å². The number of H-pyrrole nitrogens is 1. The number of amides is 1. The molecule has 0 fully saturated rings. The second-order valence-electron chi connectivity index (χ2n) is 6.43. The first-order valence-corrected chi connectivity index (χ1v) is 8.53. The SMILES string of the molecule is CC1c2c(N(C)C)cnn2CCN1C(=O)c1nc2c(Cl)cccc2[nH]1. The zero-order valence-corrected chi connectivity index (χ0v) is 15.1. The number of carbonyl (C=O) groups excluding carboxylic acids is 1. The van der Waals surface area contributed by atoms with Gasteiger partial charge in [-0.25, -0.2) is 4.98 Å². The van der Waals surface area contributed by atoms with Gasteiger partial charge in [0.2, 0.25) is 0 Å². The summed E-state index contributed by atoms with van der Waals surface area (Å²) < 4.78 is 1.97. The number of carbonyl (C=O) groups is 1. The third kappa shape index (κ3) is 2.46. The van der Waals surface area contributed by atoms with E-state index in [1.54, 1.807) is 6.07 Å². The fourth-order valence-electron chi connectivity index (χ4n) is 3.39. The number of fused-ring (bicyclic) bond motifs is 2. The van der Waals surface area contributed by atoms with Gasteiger partial charge in [0.15, 0.2) is 5.82 Å². The van der Waals surface area contributed by atoms with Crippen LogP contribution in [0.3, 0.4) is 0 Å². The van der Waals surface area contributed by atoms with Crippen molar-refractivity contribution in [1.29, 1.82) is 0 Å². The van der Waals surface area contributed by atoms with E-state index in [0.717, 1.165) is 16.9 Å². The number of nitrogens with one attached hydrogen (secondary N) is 1. The van der Waals surface area contributed by atoms with Crippen LogP contribution in [0.4, 0.5) is 5.69 Å². The number of benzene rings is 1. The maximum atomic E-state index is 13.0. The molecule has 1 aliphatic rings. The Morgan fingerprint density at radius 3 is 2.88 bits per heavy atom. The van der Waals surface area contributed by atoms with E-state index < -0.39 is 0 Å². The number of aromatic amines is 1. The van der Waals surface area contributed by atoms with Crippen LogP contribution < -0.4 is 4.90 Å². The second-order valence-corrected chi connectivity index (χ2v) is 6.84. The van der Waals surface area contributed by atoms with Gasteiger partial charge >= 0.3 is 0 Å². The molecule has 0 aliphatic carbocycles. The average molecular weight is 359 g/mol. The normalized spacial score (nSPS) is 17.0. The average Bonchev–Trinajstić information content (AvgIpc) is 3.19. The van der Waals surface area contributed by atoms with Gasteiger partial charge in [-0.2, -0.15) is 5.10 Å². The van der Waals surface area contributed by atoms with Gasteiger partial charge in [-0.3, -0.25) is 9.48 Å². The molecule has 3 heterocycles. The summed E-state index contributed by atoms with van der Waals surface area (Å²) in [4.78, 5) is 24.4. The molecular weight excluding hydrogens is 340 g/mol. The molecule has 0 saturated heterocycles. The second kappa shape index (κ2) is 5.77. The third-order valence-corrected chi connectivity index (χ3v) is 4.99. The van der Waals surface area contributed by atoms with E-state index in [-0.39, 0.29) is 11.9 Å². The summed E-state index contributed by atoms with van der Waals surface area (Å²) in [7, 11) is 3.96. The highest BCUT2D eigenvalue weighted by atomic mass is 35.5. The molecule has 4 rings (SSSR count). The Kier molecular flexibility index (Phi) is 3.68. The molecule has 1 unspecified atom stereocenters. The number of aromatic nitrogens is 4. The monoisotopic (exact) mass is 358 g/mol. The van der Waals surface area contributed by atoms with Gasteiger partial charge in [-0.15, -0.1) is 0 Å². The van der Waals surface area contributed by atoms with E-state index in [9.17, 15) is 4.79 Å². The van der Waals surface area contributed by atoms with E-state index in [1.807, 2.05) is 53.8 Å². The maximum absolute atomic E-state index is 13.0. The molecule has 2 aromatic heterocycles. The van der Waals surface area contributed by atoms with Crippen molar-refractivity contribution in [3.05, 3.63) is 40.9 Å². The molecule has 7 nitrogen and oxygen atoms in total. The van der Waals surface area contributed by atoms with Gasteiger partial charge in [0, 0.05) is 20.6 Å². The molecule has 1 aromatic carbocycles. The summed E-state index contributed by atoms with van der Waals surface area (Å²) >= 11 is 6.17. The number of rotatable bonds is 2. The van der Waals surface area contributed by atoms with E-state index in [1.165, 1.54) is 0 Å². The van der Waals surface area contributed by atoms with Crippen LogP contribution in [0.25, 0.3) is 11.0 Å². The Labute approximate surface area is 150 Å². The molecule has 3 aromatic rings. The minimum Gasteiger partial charge on any atom is -0.375 e. The summed E-state index contributed by atoms with van der Waals surface area (Å²) in [5.41, 5.74) is 3.45. The standard InChI is InChI=1S/C17H19ClN6O/c1-10-15-13(22(2)3)9-19-24(15)8-7-23(10)17(25)16-20-12-6-4-5-11(18)14(12)21-16/h4-6,9-10H,7-8H2,1-3H3,(H,20,21). The predicted octanol–water partition coefficient (Wildman–Crippen LogP) is 2.70. The van der Waals surface area contributed by atoms with Crippen molar-refractivity contribution >= 4 is 34.2 Å². The van der Waals surface area contributed by atoms with Gasteiger partial charge in [-0.1, -0.05) is 17.7 Å². The van der Waals surface area contributed by atoms with Crippen LogP contribution in [0, 0.1) is 0 Å². The molecular formula is C17H19ClN6O. The highest BCUT2D eigenvalue weighted by Crippen LogP contribution is 2.33. The van der Waals surface area contributed by atoms with E-state index in [2.05, 4.69) is 15.1 Å². The van der Waals surface area contributed by atoms with E-state index >= 15 is 0 Å². The summed E-state index contributed by atoms with van der Waals surface area (Å²) in [6.45, 7) is 3.28. The molecule has 1 N–H and O–H groups in total. The summed E-state index contributed by atoms with van der Waals surface area (Å²) in [5.74, 6) is 0.186. The Hall–Kier alpha value is -2.54. The zero-order chi connectivity index (χ0) is 17.7. The number of para-hydroxylation sites is 1. The number of imidazole rings is 1. The van der Waals surface area contributed by atoms with Crippen LogP contribution in [0.15, 0.2) is 24.4 Å². The quantitative estimate of drug-likeness (QED) is 0.764. The Morgan fingerprint density at radius 2 is 2.16 bits per heavy atom. The number of nitrogens with zero attached hydrogens (tertiary/aromatic N) is 5. The number of anilines is 1. The summed E-state index contributed by atoms with van der Waals surface area (Å²) in [5, 5.41) is 4.97. The molecule has 0 saturated carbocycles. The Bertz CT molecular complexity index is 959. The molecule has 1 atom stereocenters. The number of hydrogen-bond donors (Lipinski definition) is 1. The highest BCUT2D eigenvalue weighted by Gasteiger charge is 2.33. The molecule has 0 radical (unpaired) electrons. The summed E-state index contributed by atoms with van der Waals surface area (Å²) in [6.07, 6.45) is 1.85. The van der Waals surface area contributed by atoms with Crippen molar-refractivity contribution in [3.63, 3.8) is 0 Å². The predicted molar refractivity (Wildman–Crippen MR) is 97.1 cm³/mol. The molecule has 8 heteroatoms. The van der Waals surface area contributed by atoms with Crippen LogP contribution in [0.2, 0.25) is 5.02 Å². The van der Waals surface area contributed by atoms with Crippen LogP contribution in [0.1, 0.15) is 29.3 Å². The molecule has 0 bridgehead atoms. The molecule has 1 aliphatic heterocycles. The lowest BCUT2D eigenvalue weighted by Crippen LogP contribution is -2.42. The van der Waals surface area contributed by atoms with Gasteiger partial charge < -0.3 is 14.8 Å². The first kappa shape index (κ1) is 16.0. The van der Waals surface area contributed by atoms with Crippen LogP contribution in [0.5, 0.6) is 0 Å². The first-order valence-electron chi connectivity index (χ1n) is 8.15.